The Labute approximate surface area is 189 Å². The molecular formula is C21H16N5O4S2-. The maximum atomic E-state index is 12.2. The summed E-state index contributed by atoms with van der Waals surface area (Å²) in [4.78, 5) is 32.7. The summed E-state index contributed by atoms with van der Waals surface area (Å²) in [6.07, 6.45) is 5.86. The molecule has 3 heterocycles. The minimum Gasteiger partial charge on any atom is -0.755 e. The number of nitrogens with zero attached hydrogens (tertiary/aromatic N) is 3. The molecule has 0 fully saturated rings. The van der Waals surface area contributed by atoms with Gasteiger partial charge in [-0.25, -0.2) is 4.98 Å². The fraction of sp³-hybridized carbons (Fsp3) is 0.0476. The van der Waals surface area contributed by atoms with Gasteiger partial charge in [0.2, 0.25) is 5.91 Å². The van der Waals surface area contributed by atoms with Crippen LogP contribution in [-0.2, 0) is 16.1 Å². The van der Waals surface area contributed by atoms with E-state index in [9.17, 15) is 18.4 Å². The SMILES string of the molecule is O=C(CNC(=O)c1ccn(S(=O)[O-])c1)Nc1nc(-c2cccc(-c3ccncc3)c2)cs1. The highest BCUT2D eigenvalue weighted by molar-refractivity contribution is 7.77. The zero-order chi connectivity index (χ0) is 22.5. The summed E-state index contributed by atoms with van der Waals surface area (Å²) in [5, 5.41) is 7.34. The van der Waals surface area contributed by atoms with Crippen molar-refractivity contribution in [3.8, 4) is 22.4 Å². The number of carbonyl (C=O) groups excluding carboxylic acids is 2. The minimum atomic E-state index is -2.49. The Hall–Kier alpha value is -3.67. The van der Waals surface area contributed by atoms with E-state index < -0.39 is 23.1 Å². The van der Waals surface area contributed by atoms with Gasteiger partial charge in [0.1, 0.15) is 0 Å². The highest BCUT2D eigenvalue weighted by atomic mass is 32.2. The van der Waals surface area contributed by atoms with E-state index in [-0.39, 0.29) is 12.1 Å². The molecule has 1 atom stereocenters. The largest absolute Gasteiger partial charge is 0.755 e. The molecule has 0 aliphatic carbocycles. The van der Waals surface area contributed by atoms with Gasteiger partial charge in [-0.1, -0.05) is 18.2 Å². The third kappa shape index (κ3) is 5.14. The first kappa shape index (κ1) is 21.6. The fourth-order valence-electron chi connectivity index (χ4n) is 2.90. The molecule has 4 rings (SSSR count). The van der Waals surface area contributed by atoms with Gasteiger partial charge in [0, 0.05) is 35.7 Å². The van der Waals surface area contributed by atoms with E-state index in [1.165, 1.54) is 23.6 Å². The van der Waals surface area contributed by atoms with Crippen molar-refractivity contribution < 1.29 is 18.4 Å². The van der Waals surface area contributed by atoms with Crippen molar-refractivity contribution in [3.63, 3.8) is 0 Å². The molecule has 4 aromatic rings. The second-order valence-electron chi connectivity index (χ2n) is 6.56. The number of thiazole rings is 1. The molecule has 1 unspecified atom stereocenters. The van der Waals surface area contributed by atoms with Gasteiger partial charge in [-0.05, 0) is 35.4 Å². The van der Waals surface area contributed by atoms with Crippen LogP contribution in [0.5, 0.6) is 0 Å². The van der Waals surface area contributed by atoms with Crippen molar-refractivity contribution in [2.45, 2.75) is 0 Å². The van der Waals surface area contributed by atoms with E-state index in [0.29, 0.717) is 5.13 Å². The van der Waals surface area contributed by atoms with Crippen LogP contribution in [0.15, 0.2) is 72.6 Å². The van der Waals surface area contributed by atoms with Crippen LogP contribution in [0.2, 0.25) is 0 Å². The Morgan fingerprint density at radius 1 is 1.09 bits per heavy atom. The summed E-state index contributed by atoms with van der Waals surface area (Å²) < 4.78 is 22.6. The number of hydrogen-bond donors (Lipinski definition) is 2. The van der Waals surface area contributed by atoms with Crippen LogP contribution in [0.25, 0.3) is 22.4 Å². The number of pyridine rings is 1. The second kappa shape index (κ2) is 9.64. The zero-order valence-corrected chi connectivity index (χ0v) is 18.1. The number of hydrogen-bond acceptors (Lipinski definition) is 7. The van der Waals surface area contributed by atoms with Gasteiger partial charge in [0.05, 0.1) is 29.1 Å². The van der Waals surface area contributed by atoms with E-state index >= 15 is 0 Å². The van der Waals surface area contributed by atoms with Crippen molar-refractivity contribution in [3.05, 3.63) is 78.2 Å². The third-order valence-electron chi connectivity index (χ3n) is 4.43. The van der Waals surface area contributed by atoms with Crippen LogP contribution in [-0.4, -0.2) is 41.1 Å². The van der Waals surface area contributed by atoms with E-state index in [0.717, 1.165) is 32.6 Å². The summed E-state index contributed by atoms with van der Waals surface area (Å²) >= 11 is -1.22. The molecule has 0 saturated carbocycles. The van der Waals surface area contributed by atoms with Crippen molar-refractivity contribution in [1.29, 1.82) is 0 Å². The van der Waals surface area contributed by atoms with Gasteiger partial charge < -0.3 is 15.2 Å². The van der Waals surface area contributed by atoms with Gasteiger partial charge in [-0.3, -0.25) is 22.8 Å². The summed E-state index contributed by atoms with van der Waals surface area (Å²) in [5.74, 6) is -1.01. The predicted molar refractivity (Wildman–Crippen MR) is 120 cm³/mol. The number of anilines is 1. The monoisotopic (exact) mass is 466 g/mol. The van der Waals surface area contributed by atoms with Crippen LogP contribution in [0.1, 0.15) is 10.4 Å². The highest BCUT2D eigenvalue weighted by Crippen LogP contribution is 2.28. The van der Waals surface area contributed by atoms with Gasteiger partial charge in [0.25, 0.3) is 5.91 Å². The normalized spacial score (nSPS) is 11.7. The van der Waals surface area contributed by atoms with Gasteiger partial charge in [-0.2, -0.15) is 0 Å². The second-order valence-corrected chi connectivity index (χ2v) is 8.28. The zero-order valence-electron chi connectivity index (χ0n) is 16.4. The average molecular weight is 467 g/mol. The van der Waals surface area contributed by atoms with Gasteiger partial charge in [-0.15, -0.1) is 11.3 Å². The van der Waals surface area contributed by atoms with Crippen LogP contribution in [0.3, 0.4) is 0 Å². The first-order valence-corrected chi connectivity index (χ1v) is 11.2. The Morgan fingerprint density at radius 2 is 1.88 bits per heavy atom. The lowest BCUT2D eigenvalue weighted by Crippen LogP contribution is -2.32. The van der Waals surface area contributed by atoms with Crippen LogP contribution < -0.4 is 10.6 Å². The lowest BCUT2D eigenvalue weighted by atomic mass is 10.0. The summed E-state index contributed by atoms with van der Waals surface area (Å²) in [5.41, 5.74) is 3.83. The number of benzene rings is 1. The van der Waals surface area contributed by atoms with E-state index in [2.05, 4.69) is 20.6 Å². The number of rotatable bonds is 7. The number of nitrogens with one attached hydrogen (secondary N) is 2. The lowest BCUT2D eigenvalue weighted by Gasteiger charge is -2.05. The Bertz CT molecular complexity index is 1290. The van der Waals surface area contributed by atoms with Crippen molar-refractivity contribution in [2.75, 3.05) is 11.9 Å². The van der Waals surface area contributed by atoms with Crippen molar-refractivity contribution in [2.24, 2.45) is 0 Å². The van der Waals surface area contributed by atoms with Crippen molar-refractivity contribution in [1.82, 2.24) is 19.3 Å². The van der Waals surface area contributed by atoms with Gasteiger partial charge >= 0.3 is 0 Å². The smallest absolute Gasteiger partial charge is 0.253 e. The summed E-state index contributed by atoms with van der Waals surface area (Å²) in [6.45, 7) is -0.281. The highest BCUT2D eigenvalue weighted by Gasteiger charge is 2.12. The minimum absolute atomic E-state index is 0.132. The molecule has 2 amide bonds. The first-order chi connectivity index (χ1) is 15.5. The molecule has 1 aromatic carbocycles. The molecule has 32 heavy (non-hydrogen) atoms. The van der Waals surface area contributed by atoms with E-state index in [1.807, 2.05) is 41.8 Å². The Balaban J connectivity index is 1.36. The summed E-state index contributed by atoms with van der Waals surface area (Å²) in [6, 6.07) is 13.1. The van der Waals surface area contributed by atoms with E-state index in [1.54, 1.807) is 12.4 Å². The quantitative estimate of drug-likeness (QED) is 0.403. The van der Waals surface area contributed by atoms with Crippen LogP contribution in [0.4, 0.5) is 5.13 Å². The standard InChI is InChI=1S/C21H17N5O4S2/c27-19(11-23-20(28)17-6-9-26(12-17)32(29)30)25-21-24-18(13-31-21)16-3-1-2-15(10-16)14-4-7-22-8-5-14/h1-10,12-13H,11H2,(H,23,28)(H,29,30)(H,24,25,27)/p-1. The molecule has 162 valence electrons. The molecule has 0 bridgehead atoms. The number of aromatic nitrogens is 3. The Morgan fingerprint density at radius 3 is 2.62 bits per heavy atom. The maximum absolute atomic E-state index is 12.2. The molecule has 11 heteroatoms. The maximum Gasteiger partial charge on any atom is 0.253 e. The molecule has 0 radical (unpaired) electrons. The number of amides is 2. The molecule has 0 spiro atoms. The molecule has 0 aliphatic heterocycles. The predicted octanol–water partition coefficient (Wildman–Crippen LogP) is 2.68. The van der Waals surface area contributed by atoms with Crippen LogP contribution >= 0.6 is 11.3 Å². The molecule has 0 saturated heterocycles. The average Bonchev–Trinajstić information content (AvgIpc) is 3.48. The van der Waals surface area contributed by atoms with Gasteiger partial charge in [0.15, 0.2) is 5.13 Å². The number of carbonyl (C=O) groups is 2. The topological polar surface area (TPSA) is 129 Å². The summed E-state index contributed by atoms with van der Waals surface area (Å²) in [7, 11) is 0. The molecule has 3 aromatic heterocycles. The Kier molecular flexibility index (Phi) is 6.50. The van der Waals surface area contributed by atoms with E-state index in [4.69, 9.17) is 0 Å². The molecule has 9 nitrogen and oxygen atoms in total. The van der Waals surface area contributed by atoms with Crippen LogP contribution in [0, 0.1) is 0 Å². The lowest BCUT2D eigenvalue weighted by molar-refractivity contribution is -0.115. The third-order valence-corrected chi connectivity index (χ3v) is 5.76. The molecular weight excluding hydrogens is 450 g/mol. The fourth-order valence-corrected chi connectivity index (χ4v) is 3.99. The van der Waals surface area contributed by atoms with Crippen molar-refractivity contribution >= 4 is 39.5 Å². The molecule has 2 N–H and O–H groups in total. The molecule has 0 aliphatic rings. The first-order valence-electron chi connectivity index (χ1n) is 9.32.